The second kappa shape index (κ2) is 34.1. The molecule has 1 unspecified atom stereocenters. The number of carbonyl (C=O) groups is 12. The fourth-order valence-electron chi connectivity index (χ4n) is 11.5. The van der Waals surface area contributed by atoms with Crippen LogP contribution < -0.4 is 59.3 Å². The van der Waals surface area contributed by atoms with Crippen molar-refractivity contribution in [3.05, 3.63) is 138 Å². The van der Waals surface area contributed by atoms with Crippen LogP contribution in [0, 0.1) is 11.8 Å². The molecule has 0 spiro atoms. The zero-order valence-electron chi connectivity index (χ0n) is 53.3. The molecule has 2 fully saturated rings. The zero-order chi connectivity index (χ0) is 69.0. The number of aromatic nitrogens is 1. The van der Waals surface area contributed by atoms with Gasteiger partial charge in [0.05, 0.1) is 18.9 Å². The van der Waals surface area contributed by atoms with Crippen LogP contribution in [0.2, 0.25) is 0 Å². The van der Waals surface area contributed by atoms with Gasteiger partial charge in [0.2, 0.25) is 65.0 Å². The van der Waals surface area contributed by atoms with Crippen LogP contribution >= 0.6 is 0 Å². The first-order valence-electron chi connectivity index (χ1n) is 31.6. The maximum absolute atomic E-state index is 15.2. The van der Waals surface area contributed by atoms with E-state index in [1.807, 2.05) is 0 Å². The zero-order valence-corrected chi connectivity index (χ0v) is 53.3. The molecule has 95 heavy (non-hydrogen) atoms. The topological polar surface area (TPSA) is 445 Å². The number of hydrogen-bond acceptors (Lipinski definition) is 15. The van der Waals surface area contributed by atoms with Gasteiger partial charge in [-0.05, 0) is 78.1 Å². The van der Waals surface area contributed by atoms with Crippen LogP contribution in [-0.4, -0.2) is 176 Å². The van der Waals surface area contributed by atoms with Gasteiger partial charge in [-0.3, -0.25) is 57.5 Å². The summed E-state index contributed by atoms with van der Waals surface area (Å²) in [6, 6.07) is 13.3. The van der Waals surface area contributed by atoms with Crippen LogP contribution in [0.4, 0.5) is 0 Å². The average Bonchev–Trinajstić information content (AvgIpc) is 1.77. The highest BCUT2D eigenvalue weighted by molar-refractivity contribution is 6.01. The summed E-state index contributed by atoms with van der Waals surface area (Å²) in [4.78, 5) is 177. The number of H-pyrrole nitrogens is 1. The number of para-hydroxylation sites is 1. The minimum atomic E-state index is -2.03. The van der Waals surface area contributed by atoms with E-state index in [4.69, 9.17) is 11.5 Å². The van der Waals surface area contributed by atoms with Gasteiger partial charge >= 0.3 is 5.97 Å². The van der Waals surface area contributed by atoms with E-state index >= 15 is 4.79 Å². The number of amides is 11. The molecule has 11 atom stereocenters. The van der Waals surface area contributed by atoms with Gasteiger partial charge in [0.25, 0.3) is 0 Å². The number of aromatic amines is 1. The normalized spacial score (nSPS) is 24.4. The molecule has 17 N–H and O–H groups in total. The number of nitrogens with one attached hydrogen (secondary N) is 10. The van der Waals surface area contributed by atoms with E-state index in [9.17, 15) is 68.1 Å². The van der Waals surface area contributed by atoms with Crippen LogP contribution in [0.3, 0.4) is 0 Å². The minimum Gasteiger partial charge on any atom is -0.508 e. The van der Waals surface area contributed by atoms with Crippen molar-refractivity contribution in [3.8, 4) is 5.75 Å². The highest BCUT2D eigenvalue weighted by Crippen LogP contribution is 2.24. The van der Waals surface area contributed by atoms with Gasteiger partial charge in [0, 0.05) is 55.7 Å². The Morgan fingerprint density at radius 3 is 1.54 bits per heavy atom. The number of hydrogen-bond donors (Lipinski definition) is 15. The summed E-state index contributed by atoms with van der Waals surface area (Å²) < 4.78 is 0. The summed E-state index contributed by atoms with van der Waals surface area (Å²) in [5.74, 6) is -13.8. The van der Waals surface area contributed by atoms with E-state index in [-0.39, 0.29) is 69.6 Å². The summed E-state index contributed by atoms with van der Waals surface area (Å²) in [7, 11) is 0. The van der Waals surface area contributed by atoms with Gasteiger partial charge < -0.3 is 84.5 Å². The van der Waals surface area contributed by atoms with E-state index in [0.717, 1.165) is 4.90 Å². The third-order valence-corrected chi connectivity index (χ3v) is 16.4. The molecule has 28 heteroatoms. The predicted octanol–water partition coefficient (Wildman–Crippen LogP) is -0.726. The molecule has 0 radical (unpaired) electrons. The first-order valence-corrected chi connectivity index (χ1v) is 31.6. The van der Waals surface area contributed by atoms with Crippen molar-refractivity contribution in [2.45, 2.75) is 158 Å². The Labute approximate surface area is 548 Å². The van der Waals surface area contributed by atoms with Gasteiger partial charge in [0.1, 0.15) is 66.2 Å². The smallest absolute Gasteiger partial charge is 0.305 e. The SMILES string of the molecule is CC(C)CC1NC(=O)[C@H](CCCN)NC(=O)[C@H](C(C)C)NC(=O)[C@H](Cc2c[nH]c3ccccc23)NC(=O)[C@H](CC(=O)O)NC(=O)[C@H](CC(N)=O)NC(=O)[C@@H](Cc2ccccc2)NC(=O)[C@H](Cc2ccccc2)NC(=O)[C@@H]2C[C@@H](O)CN2C(=O)[C@@H](Cc2ccc(O)cc2)NC1=O. The van der Waals surface area contributed by atoms with Crippen LogP contribution in [0.15, 0.2) is 115 Å². The molecular weight excluding hydrogens is 1230 g/mol. The molecule has 28 nitrogen and oxygen atoms in total. The quantitative estimate of drug-likeness (QED) is 0.0514. The maximum Gasteiger partial charge on any atom is 0.305 e. The number of phenols is 1. The fourth-order valence-corrected chi connectivity index (χ4v) is 11.5. The molecule has 2 aliphatic heterocycles. The molecule has 2 aliphatic rings. The standard InChI is InChI=1S/C67H85N13O15/c1-36(2)26-47-59(87)78-53(29-40-21-23-42(81)24-22-40)67(95)80-35-43(82)31-54(80)65(93)77-49(28-39-16-9-6-10-17-39)61(89)73-48(27-38-14-7-5-8-15-38)60(88)75-51(32-55(69)83)62(90)76-52(33-56(84)85)63(91)74-50(30-41-34-70-45-19-12-11-18-44(41)45)64(92)79-57(37(3)4)66(94)71-46(20-13-25-68)58(86)72-47/h5-12,14-19,21-24,34,36-37,43,46-54,57,70,81-82H,13,20,25-33,35,68H2,1-4H3,(H2,69,83)(H,71,94)(H,72,86)(H,73,89)(H,74,91)(H,75,88)(H,76,90)(H,77,93)(H,78,87)(H,79,92)(H,84,85)/t43-,46+,47?,48-,49+,50+,51+,52+,53-,54+,57+/m1/s1. The van der Waals surface area contributed by atoms with E-state index in [2.05, 4.69) is 52.8 Å². The maximum atomic E-state index is 15.2. The lowest BCUT2D eigenvalue weighted by molar-refractivity contribution is -0.142. The molecule has 1 aromatic heterocycles. The fraction of sp³-hybridized carbons (Fsp3) is 0.433. The van der Waals surface area contributed by atoms with Crippen molar-refractivity contribution in [2.24, 2.45) is 23.3 Å². The molecule has 0 bridgehead atoms. The van der Waals surface area contributed by atoms with Crippen LogP contribution in [0.1, 0.15) is 88.5 Å². The summed E-state index contributed by atoms with van der Waals surface area (Å²) >= 11 is 0. The van der Waals surface area contributed by atoms with Crippen molar-refractivity contribution in [1.82, 2.24) is 57.7 Å². The van der Waals surface area contributed by atoms with Crippen LogP contribution in [0.25, 0.3) is 10.9 Å². The first-order chi connectivity index (χ1) is 45.3. The summed E-state index contributed by atoms with van der Waals surface area (Å²) in [6.07, 6.45) is -3.07. The Kier molecular flexibility index (Phi) is 25.9. The number of carboxylic acids is 1. The number of carbonyl (C=O) groups excluding carboxylic acids is 11. The number of primary amides is 1. The molecule has 0 saturated carbocycles. The average molecular weight is 1310 g/mol. The lowest BCUT2D eigenvalue weighted by Crippen LogP contribution is -2.62. The summed E-state index contributed by atoms with van der Waals surface area (Å²) in [5.41, 5.74) is 14.1. The number of rotatable bonds is 18. The molecule has 7 rings (SSSR count). The molecular formula is C67H85N13O15. The molecule has 508 valence electrons. The van der Waals surface area contributed by atoms with E-state index in [0.29, 0.717) is 33.2 Å². The van der Waals surface area contributed by atoms with Crippen molar-refractivity contribution < 1.29 is 72.9 Å². The Hall–Kier alpha value is -10.2. The minimum absolute atomic E-state index is 0.0133. The molecule has 2 saturated heterocycles. The van der Waals surface area contributed by atoms with Crippen molar-refractivity contribution in [3.63, 3.8) is 0 Å². The predicted molar refractivity (Wildman–Crippen MR) is 346 cm³/mol. The van der Waals surface area contributed by atoms with E-state index < -0.39 is 163 Å². The number of aromatic hydroxyl groups is 1. The second-order valence-corrected chi connectivity index (χ2v) is 24.8. The monoisotopic (exact) mass is 1310 g/mol. The van der Waals surface area contributed by atoms with Gasteiger partial charge in [-0.25, -0.2) is 0 Å². The Bertz CT molecular complexity index is 3550. The Morgan fingerprint density at radius 1 is 0.526 bits per heavy atom. The van der Waals surface area contributed by atoms with E-state index in [1.54, 1.807) is 119 Å². The highest BCUT2D eigenvalue weighted by Gasteiger charge is 2.44. The third kappa shape index (κ3) is 20.9. The number of aliphatic carboxylic acids is 1. The van der Waals surface area contributed by atoms with Crippen LogP contribution in [-0.2, 0) is 83.2 Å². The van der Waals surface area contributed by atoms with Gasteiger partial charge in [-0.1, -0.05) is 119 Å². The van der Waals surface area contributed by atoms with Crippen molar-refractivity contribution >= 4 is 81.9 Å². The number of nitrogens with zero attached hydrogens (tertiary/aromatic N) is 1. The van der Waals surface area contributed by atoms with Gasteiger partial charge in [-0.2, -0.15) is 0 Å². The lowest BCUT2D eigenvalue weighted by Gasteiger charge is -2.31. The molecule has 5 aromatic rings. The molecule has 0 aliphatic carbocycles. The number of fused-ring (bicyclic) bond motifs is 2. The Morgan fingerprint density at radius 2 is 0.979 bits per heavy atom. The molecule has 4 aromatic carbocycles. The summed E-state index contributed by atoms with van der Waals surface area (Å²) in [5, 5.41) is 55.8. The third-order valence-electron chi connectivity index (χ3n) is 16.4. The number of aliphatic hydroxyl groups excluding tert-OH is 1. The molecule has 3 heterocycles. The number of phenolic OH excluding ortho intramolecular Hbond substituents is 1. The number of nitrogens with two attached hydrogens (primary N) is 2. The van der Waals surface area contributed by atoms with Crippen molar-refractivity contribution in [1.29, 1.82) is 0 Å². The molecule has 11 amide bonds. The first kappa shape index (κ1) is 72.2. The second-order valence-electron chi connectivity index (χ2n) is 24.8. The largest absolute Gasteiger partial charge is 0.508 e. The van der Waals surface area contributed by atoms with Crippen LogP contribution in [0.5, 0.6) is 5.75 Å². The summed E-state index contributed by atoms with van der Waals surface area (Å²) in [6.45, 7) is 6.37. The number of aliphatic hydroxyl groups is 1. The lowest BCUT2D eigenvalue weighted by atomic mass is 9.98. The van der Waals surface area contributed by atoms with Gasteiger partial charge in [0.15, 0.2) is 0 Å². The van der Waals surface area contributed by atoms with Crippen molar-refractivity contribution in [2.75, 3.05) is 13.1 Å². The number of benzene rings is 4. The number of carboxylic acid groups (broad SMARTS) is 1. The van der Waals surface area contributed by atoms with E-state index in [1.165, 1.54) is 24.3 Å². The highest BCUT2D eigenvalue weighted by atomic mass is 16.4. The Balaban J connectivity index is 1.33. The van der Waals surface area contributed by atoms with Gasteiger partial charge in [-0.15, -0.1) is 0 Å².